The second-order valence-corrected chi connectivity index (χ2v) is 5.81. The standard InChI is InChI=1S/C20H22N2O3/c1-22(13-16-10-7-11-17(23-2)20(16)24-3)14-19-21-12-18(25-19)15-8-5-4-6-9-15/h4-12H,13-14H2,1-3H3. The Hall–Kier alpha value is -2.79. The number of benzene rings is 2. The quantitative estimate of drug-likeness (QED) is 0.652. The molecule has 5 heteroatoms. The van der Waals surface area contributed by atoms with Crippen molar-refractivity contribution in [3.63, 3.8) is 0 Å². The van der Waals surface area contributed by atoms with Crippen molar-refractivity contribution in [2.75, 3.05) is 21.3 Å². The third-order valence-electron chi connectivity index (χ3n) is 3.94. The highest BCUT2D eigenvalue weighted by Gasteiger charge is 2.13. The molecule has 1 heterocycles. The minimum absolute atomic E-state index is 0.604. The molecular formula is C20H22N2O3. The maximum absolute atomic E-state index is 5.87. The van der Waals surface area contributed by atoms with Crippen LogP contribution in [0.4, 0.5) is 0 Å². The van der Waals surface area contributed by atoms with Crippen LogP contribution in [0, 0.1) is 0 Å². The van der Waals surface area contributed by atoms with Crippen molar-refractivity contribution < 1.29 is 13.9 Å². The molecule has 0 N–H and O–H groups in total. The molecule has 0 bridgehead atoms. The average Bonchev–Trinajstić information content (AvgIpc) is 3.10. The molecule has 0 aliphatic rings. The predicted octanol–water partition coefficient (Wildman–Crippen LogP) is 3.99. The number of aromatic nitrogens is 1. The van der Waals surface area contributed by atoms with Crippen LogP contribution in [-0.2, 0) is 13.1 Å². The Kier molecular flexibility index (Phi) is 5.36. The molecule has 0 atom stereocenters. The van der Waals surface area contributed by atoms with Crippen LogP contribution < -0.4 is 9.47 Å². The summed E-state index contributed by atoms with van der Waals surface area (Å²) in [4.78, 5) is 6.51. The number of hydrogen-bond acceptors (Lipinski definition) is 5. The summed E-state index contributed by atoms with van der Waals surface area (Å²) in [5, 5.41) is 0. The average molecular weight is 338 g/mol. The molecule has 0 spiro atoms. The van der Waals surface area contributed by atoms with Crippen molar-refractivity contribution in [1.82, 2.24) is 9.88 Å². The van der Waals surface area contributed by atoms with E-state index in [1.807, 2.05) is 55.6 Å². The molecule has 130 valence electrons. The largest absolute Gasteiger partial charge is 0.493 e. The van der Waals surface area contributed by atoms with E-state index in [-0.39, 0.29) is 0 Å². The Bertz CT molecular complexity index is 815. The van der Waals surface area contributed by atoms with Gasteiger partial charge in [0.2, 0.25) is 5.89 Å². The van der Waals surface area contributed by atoms with Gasteiger partial charge in [-0.25, -0.2) is 4.98 Å². The molecule has 2 aromatic carbocycles. The lowest BCUT2D eigenvalue weighted by Crippen LogP contribution is -2.18. The summed E-state index contributed by atoms with van der Waals surface area (Å²) in [6.07, 6.45) is 1.77. The molecule has 0 amide bonds. The summed E-state index contributed by atoms with van der Waals surface area (Å²) in [6.45, 7) is 1.30. The van der Waals surface area contributed by atoms with Crippen LogP contribution in [0.15, 0.2) is 59.1 Å². The molecule has 0 radical (unpaired) electrons. The molecular weight excluding hydrogens is 316 g/mol. The van der Waals surface area contributed by atoms with Gasteiger partial charge in [0, 0.05) is 17.7 Å². The minimum atomic E-state index is 0.604. The fourth-order valence-electron chi connectivity index (χ4n) is 2.78. The van der Waals surface area contributed by atoms with Crippen molar-refractivity contribution in [1.29, 1.82) is 0 Å². The Morgan fingerprint density at radius 1 is 0.960 bits per heavy atom. The van der Waals surface area contributed by atoms with Crippen LogP contribution in [0.25, 0.3) is 11.3 Å². The van der Waals surface area contributed by atoms with Gasteiger partial charge < -0.3 is 13.9 Å². The number of ether oxygens (including phenoxy) is 2. The molecule has 0 saturated carbocycles. The Labute approximate surface area is 147 Å². The maximum atomic E-state index is 5.87. The van der Waals surface area contributed by atoms with E-state index >= 15 is 0 Å². The zero-order valence-corrected chi connectivity index (χ0v) is 14.7. The molecule has 0 fully saturated rings. The number of para-hydroxylation sites is 1. The van der Waals surface area contributed by atoms with Crippen LogP contribution in [0.3, 0.4) is 0 Å². The topological polar surface area (TPSA) is 47.7 Å². The first-order valence-electron chi connectivity index (χ1n) is 8.09. The molecule has 0 saturated heterocycles. The lowest BCUT2D eigenvalue weighted by atomic mass is 10.1. The van der Waals surface area contributed by atoms with Crippen LogP contribution >= 0.6 is 0 Å². The molecule has 25 heavy (non-hydrogen) atoms. The summed E-state index contributed by atoms with van der Waals surface area (Å²) >= 11 is 0. The first kappa shape index (κ1) is 17.0. The van der Waals surface area contributed by atoms with E-state index in [9.17, 15) is 0 Å². The minimum Gasteiger partial charge on any atom is -0.493 e. The van der Waals surface area contributed by atoms with Crippen LogP contribution in [0.2, 0.25) is 0 Å². The zero-order chi connectivity index (χ0) is 17.6. The highest BCUT2D eigenvalue weighted by Crippen LogP contribution is 2.31. The molecule has 1 aromatic heterocycles. The summed E-state index contributed by atoms with van der Waals surface area (Å²) < 4.78 is 16.7. The number of oxazole rings is 1. The Balaban J connectivity index is 1.69. The third kappa shape index (κ3) is 4.00. The first-order valence-corrected chi connectivity index (χ1v) is 8.09. The van der Waals surface area contributed by atoms with Crippen molar-refractivity contribution in [2.45, 2.75) is 13.1 Å². The highest BCUT2D eigenvalue weighted by molar-refractivity contribution is 5.55. The number of rotatable bonds is 7. The lowest BCUT2D eigenvalue weighted by Gasteiger charge is -2.18. The molecule has 0 aliphatic carbocycles. The van der Waals surface area contributed by atoms with Gasteiger partial charge >= 0.3 is 0 Å². The summed E-state index contributed by atoms with van der Waals surface area (Å²) in [5.74, 6) is 2.95. The molecule has 5 nitrogen and oxygen atoms in total. The van der Waals surface area contributed by atoms with E-state index in [1.165, 1.54) is 0 Å². The molecule has 3 rings (SSSR count). The molecule has 0 aliphatic heterocycles. The fourth-order valence-corrected chi connectivity index (χ4v) is 2.78. The van der Waals surface area contributed by atoms with Gasteiger partial charge in [-0.1, -0.05) is 42.5 Å². The van der Waals surface area contributed by atoms with Gasteiger partial charge in [0.1, 0.15) is 0 Å². The van der Waals surface area contributed by atoms with Crippen molar-refractivity contribution in [2.24, 2.45) is 0 Å². The van der Waals surface area contributed by atoms with Crippen LogP contribution in [-0.4, -0.2) is 31.2 Å². The summed E-state index contributed by atoms with van der Waals surface area (Å²) in [7, 11) is 5.32. The van der Waals surface area contributed by atoms with E-state index in [1.54, 1.807) is 20.4 Å². The van der Waals surface area contributed by atoms with Crippen molar-refractivity contribution in [3.8, 4) is 22.8 Å². The second kappa shape index (κ2) is 7.85. The number of nitrogens with zero attached hydrogens (tertiary/aromatic N) is 2. The summed E-state index contributed by atoms with van der Waals surface area (Å²) in [5.41, 5.74) is 2.08. The Morgan fingerprint density at radius 2 is 1.76 bits per heavy atom. The highest BCUT2D eigenvalue weighted by atomic mass is 16.5. The van der Waals surface area contributed by atoms with Crippen LogP contribution in [0.1, 0.15) is 11.5 Å². The normalized spacial score (nSPS) is 10.9. The molecule has 0 unspecified atom stereocenters. The monoisotopic (exact) mass is 338 g/mol. The maximum Gasteiger partial charge on any atom is 0.209 e. The van der Waals surface area contributed by atoms with E-state index in [0.717, 1.165) is 28.4 Å². The van der Waals surface area contributed by atoms with E-state index in [4.69, 9.17) is 13.9 Å². The van der Waals surface area contributed by atoms with Gasteiger partial charge in [-0.2, -0.15) is 0 Å². The zero-order valence-electron chi connectivity index (χ0n) is 14.7. The number of methoxy groups -OCH3 is 2. The smallest absolute Gasteiger partial charge is 0.209 e. The van der Waals surface area contributed by atoms with Gasteiger partial charge in [-0.05, 0) is 13.1 Å². The SMILES string of the molecule is COc1cccc(CN(C)Cc2ncc(-c3ccccc3)o2)c1OC. The van der Waals surface area contributed by atoms with Gasteiger partial charge in [-0.3, -0.25) is 4.90 Å². The van der Waals surface area contributed by atoms with Crippen molar-refractivity contribution >= 4 is 0 Å². The molecule has 3 aromatic rings. The lowest BCUT2D eigenvalue weighted by molar-refractivity contribution is 0.275. The fraction of sp³-hybridized carbons (Fsp3) is 0.250. The first-order chi connectivity index (χ1) is 12.2. The van der Waals surface area contributed by atoms with Crippen molar-refractivity contribution in [3.05, 3.63) is 66.2 Å². The third-order valence-corrected chi connectivity index (χ3v) is 3.94. The predicted molar refractivity (Wildman–Crippen MR) is 96.7 cm³/mol. The van der Waals surface area contributed by atoms with E-state index < -0.39 is 0 Å². The summed E-state index contributed by atoms with van der Waals surface area (Å²) in [6, 6.07) is 15.9. The van der Waals surface area contributed by atoms with Crippen LogP contribution in [0.5, 0.6) is 11.5 Å². The second-order valence-electron chi connectivity index (χ2n) is 5.81. The van der Waals surface area contributed by atoms with Gasteiger partial charge in [0.15, 0.2) is 17.3 Å². The van der Waals surface area contributed by atoms with Gasteiger partial charge in [-0.15, -0.1) is 0 Å². The number of hydrogen-bond donors (Lipinski definition) is 0. The van der Waals surface area contributed by atoms with E-state index in [2.05, 4.69) is 9.88 Å². The van der Waals surface area contributed by atoms with Gasteiger partial charge in [0.25, 0.3) is 0 Å². The Morgan fingerprint density at radius 3 is 2.48 bits per heavy atom. The van der Waals surface area contributed by atoms with E-state index in [0.29, 0.717) is 19.0 Å². The van der Waals surface area contributed by atoms with Gasteiger partial charge in [0.05, 0.1) is 27.0 Å².